The number of nitrogens with zero attached hydrogens (tertiary/aromatic N) is 1. The molecule has 0 bridgehead atoms. The number of nitrogens with two attached hydrogens (primary N) is 1. The van der Waals surface area contributed by atoms with Crippen LogP contribution in [0.3, 0.4) is 0 Å². The average Bonchev–Trinajstić information content (AvgIpc) is 2.92. The molecule has 1 aliphatic carbocycles. The van der Waals surface area contributed by atoms with Crippen LogP contribution in [0.15, 0.2) is 24.3 Å². The van der Waals surface area contributed by atoms with Crippen LogP contribution >= 0.6 is 0 Å². The molecule has 1 spiro atoms. The van der Waals surface area contributed by atoms with Gasteiger partial charge in [0.25, 0.3) is 5.91 Å². The Morgan fingerprint density at radius 1 is 1.16 bits per heavy atom. The van der Waals surface area contributed by atoms with E-state index in [0.29, 0.717) is 18.7 Å². The lowest BCUT2D eigenvalue weighted by molar-refractivity contribution is -0.135. The highest BCUT2D eigenvalue weighted by Gasteiger charge is 2.51. The van der Waals surface area contributed by atoms with Gasteiger partial charge in [0.2, 0.25) is 5.91 Å². The summed E-state index contributed by atoms with van der Waals surface area (Å²) in [4.78, 5) is 26.5. The van der Waals surface area contributed by atoms with Crippen molar-refractivity contribution in [1.82, 2.24) is 4.90 Å². The highest BCUT2D eigenvalue weighted by Crippen LogP contribution is 2.46. The van der Waals surface area contributed by atoms with Crippen molar-refractivity contribution in [2.75, 3.05) is 13.1 Å². The first-order valence-corrected chi connectivity index (χ1v) is 6.86. The lowest BCUT2D eigenvalue weighted by atomic mass is 9.73. The number of rotatable bonds is 2. The van der Waals surface area contributed by atoms with Gasteiger partial charge in [0.1, 0.15) is 0 Å². The third-order valence-corrected chi connectivity index (χ3v) is 4.38. The Kier molecular flexibility index (Phi) is 2.90. The van der Waals surface area contributed by atoms with Gasteiger partial charge in [-0.05, 0) is 24.5 Å². The van der Waals surface area contributed by atoms with E-state index in [1.54, 1.807) is 0 Å². The highest BCUT2D eigenvalue weighted by atomic mass is 16.2. The van der Waals surface area contributed by atoms with Crippen LogP contribution in [-0.4, -0.2) is 29.8 Å². The summed E-state index contributed by atoms with van der Waals surface area (Å²) in [5.41, 5.74) is 6.68. The summed E-state index contributed by atoms with van der Waals surface area (Å²) in [6, 6.07) is 7.54. The molecule has 0 atom stereocenters. The predicted molar refractivity (Wildman–Crippen MR) is 71.7 cm³/mol. The molecular weight excluding hydrogens is 240 g/mol. The zero-order valence-corrected chi connectivity index (χ0v) is 10.9. The number of carbonyl (C=O) groups is 2. The van der Waals surface area contributed by atoms with Crippen molar-refractivity contribution in [2.45, 2.75) is 31.1 Å². The Labute approximate surface area is 112 Å². The van der Waals surface area contributed by atoms with Gasteiger partial charge in [0.05, 0.1) is 5.41 Å². The molecule has 1 fully saturated rings. The summed E-state index contributed by atoms with van der Waals surface area (Å²) in [6.07, 6.45) is 3.78. The third-order valence-electron chi connectivity index (χ3n) is 4.38. The van der Waals surface area contributed by atoms with Gasteiger partial charge in [-0.2, -0.15) is 0 Å². The Balaban J connectivity index is 2.17. The fourth-order valence-electron chi connectivity index (χ4n) is 3.49. The summed E-state index contributed by atoms with van der Waals surface area (Å²) in [6.45, 7) is 0.628. The zero-order valence-electron chi connectivity index (χ0n) is 10.9. The minimum Gasteiger partial charge on any atom is -0.329 e. The fourth-order valence-corrected chi connectivity index (χ4v) is 3.49. The normalized spacial score (nSPS) is 21.0. The number of amides is 2. The van der Waals surface area contributed by atoms with Crippen molar-refractivity contribution in [3.8, 4) is 0 Å². The molecule has 1 heterocycles. The summed E-state index contributed by atoms with van der Waals surface area (Å²) >= 11 is 0. The summed E-state index contributed by atoms with van der Waals surface area (Å²) in [5.74, 6) is -0.234. The molecule has 1 aromatic carbocycles. The predicted octanol–water partition coefficient (Wildman–Crippen LogP) is 1.44. The van der Waals surface area contributed by atoms with Crippen LogP contribution in [0.25, 0.3) is 0 Å². The number of fused-ring (bicyclic) bond motifs is 2. The topological polar surface area (TPSA) is 63.4 Å². The van der Waals surface area contributed by atoms with E-state index in [0.717, 1.165) is 31.2 Å². The van der Waals surface area contributed by atoms with E-state index in [1.807, 2.05) is 24.3 Å². The van der Waals surface area contributed by atoms with Crippen molar-refractivity contribution in [2.24, 2.45) is 5.73 Å². The quantitative estimate of drug-likeness (QED) is 0.816. The standard InChI is InChI=1S/C15H18N2O2/c16-9-10-17-13(18)11-5-1-2-6-12(11)15(14(17)19)7-3-4-8-15/h1-2,5-6H,3-4,7-10,16H2. The van der Waals surface area contributed by atoms with E-state index in [-0.39, 0.29) is 11.8 Å². The molecule has 1 saturated carbocycles. The molecule has 3 rings (SSSR count). The van der Waals surface area contributed by atoms with Crippen molar-refractivity contribution in [3.05, 3.63) is 35.4 Å². The zero-order chi connectivity index (χ0) is 13.5. The Morgan fingerprint density at radius 3 is 2.53 bits per heavy atom. The second-order valence-corrected chi connectivity index (χ2v) is 5.39. The van der Waals surface area contributed by atoms with E-state index >= 15 is 0 Å². The van der Waals surface area contributed by atoms with Crippen LogP contribution in [0, 0.1) is 0 Å². The molecule has 1 aromatic rings. The number of carbonyl (C=O) groups excluding carboxylic acids is 2. The molecule has 100 valence electrons. The van der Waals surface area contributed by atoms with Gasteiger partial charge >= 0.3 is 0 Å². The van der Waals surface area contributed by atoms with Crippen molar-refractivity contribution >= 4 is 11.8 Å². The summed E-state index contributed by atoms with van der Waals surface area (Å²) < 4.78 is 0. The van der Waals surface area contributed by atoms with E-state index in [9.17, 15) is 9.59 Å². The van der Waals surface area contributed by atoms with Gasteiger partial charge in [-0.1, -0.05) is 31.0 Å². The van der Waals surface area contributed by atoms with Crippen molar-refractivity contribution < 1.29 is 9.59 Å². The SMILES string of the molecule is NCCN1C(=O)c2ccccc2C2(CCCC2)C1=O. The molecule has 19 heavy (non-hydrogen) atoms. The van der Waals surface area contributed by atoms with Crippen molar-refractivity contribution in [3.63, 3.8) is 0 Å². The Hall–Kier alpha value is -1.68. The second kappa shape index (κ2) is 4.46. The molecule has 0 saturated heterocycles. The van der Waals surface area contributed by atoms with Crippen LogP contribution in [-0.2, 0) is 10.2 Å². The number of hydrogen-bond acceptors (Lipinski definition) is 3. The van der Waals surface area contributed by atoms with Gasteiger partial charge in [0.15, 0.2) is 0 Å². The van der Waals surface area contributed by atoms with E-state index in [1.165, 1.54) is 4.90 Å². The number of imide groups is 1. The maximum absolute atomic E-state index is 12.8. The lowest BCUT2D eigenvalue weighted by Crippen LogP contribution is -2.54. The molecular formula is C15H18N2O2. The van der Waals surface area contributed by atoms with Crippen LogP contribution in [0.2, 0.25) is 0 Å². The smallest absolute Gasteiger partial charge is 0.260 e. The first kappa shape index (κ1) is 12.4. The minimum atomic E-state index is -0.473. The maximum Gasteiger partial charge on any atom is 0.260 e. The first-order chi connectivity index (χ1) is 9.20. The van der Waals surface area contributed by atoms with Crippen LogP contribution in [0.4, 0.5) is 0 Å². The van der Waals surface area contributed by atoms with Crippen LogP contribution < -0.4 is 5.73 Å². The average molecular weight is 258 g/mol. The van der Waals surface area contributed by atoms with E-state index < -0.39 is 5.41 Å². The summed E-state index contributed by atoms with van der Waals surface area (Å²) in [5, 5.41) is 0. The molecule has 0 aromatic heterocycles. The van der Waals surface area contributed by atoms with Gasteiger partial charge in [0, 0.05) is 18.7 Å². The van der Waals surface area contributed by atoms with Gasteiger partial charge in [-0.25, -0.2) is 0 Å². The molecule has 0 radical (unpaired) electrons. The molecule has 0 unspecified atom stereocenters. The second-order valence-electron chi connectivity index (χ2n) is 5.39. The largest absolute Gasteiger partial charge is 0.329 e. The monoisotopic (exact) mass is 258 g/mol. The number of benzene rings is 1. The first-order valence-electron chi connectivity index (χ1n) is 6.86. The molecule has 2 aliphatic rings. The van der Waals surface area contributed by atoms with Crippen LogP contribution in [0.5, 0.6) is 0 Å². The van der Waals surface area contributed by atoms with Gasteiger partial charge < -0.3 is 5.73 Å². The Morgan fingerprint density at radius 2 is 1.84 bits per heavy atom. The molecule has 4 heteroatoms. The van der Waals surface area contributed by atoms with E-state index in [2.05, 4.69) is 0 Å². The summed E-state index contributed by atoms with van der Waals surface area (Å²) in [7, 11) is 0. The molecule has 2 amide bonds. The van der Waals surface area contributed by atoms with Crippen molar-refractivity contribution in [1.29, 1.82) is 0 Å². The molecule has 1 aliphatic heterocycles. The Bertz CT molecular complexity index is 533. The van der Waals surface area contributed by atoms with E-state index in [4.69, 9.17) is 5.73 Å². The lowest BCUT2D eigenvalue weighted by Gasteiger charge is -2.39. The van der Waals surface area contributed by atoms with Gasteiger partial charge in [-0.15, -0.1) is 0 Å². The molecule has 4 nitrogen and oxygen atoms in total. The third kappa shape index (κ3) is 1.63. The highest BCUT2D eigenvalue weighted by molar-refractivity contribution is 6.13. The maximum atomic E-state index is 12.8. The number of hydrogen-bond donors (Lipinski definition) is 1. The van der Waals surface area contributed by atoms with Crippen LogP contribution in [0.1, 0.15) is 41.6 Å². The van der Waals surface area contributed by atoms with Gasteiger partial charge in [-0.3, -0.25) is 14.5 Å². The minimum absolute atomic E-state index is 0.0425. The fraction of sp³-hybridized carbons (Fsp3) is 0.467. The molecule has 2 N–H and O–H groups in total.